The van der Waals surface area contributed by atoms with Crippen molar-refractivity contribution in [1.82, 2.24) is 15.2 Å². The topological polar surface area (TPSA) is 58.4 Å². The molecule has 24 heavy (non-hydrogen) atoms. The van der Waals surface area contributed by atoms with Gasteiger partial charge in [0, 0.05) is 23.0 Å². The first-order valence-electron chi connectivity index (χ1n) is 8.64. The maximum absolute atomic E-state index is 12.6. The van der Waals surface area contributed by atoms with E-state index in [4.69, 9.17) is 4.42 Å². The molecule has 0 saturated heterocycles. The molecule has 0 spiro atoms. The molecule has 2 fully saturated rings. The Morgan fingerprint density at radius 3 is 2.88 bits per heavy atom. The van der Waals surface area contributed by atoms with E-state index < -0.39 is 0 Å². The molecule has 2 aliphatic carbocycles. The maximum atomic E-state index is 12.6. The summed E-state index contributed by atoms with van der Waals surface area (Å²) in [5, 5.41) is 5.94. The fraction of sp³-hybridized carbons (Fsp3) is 0.556. The zero-order valence-electron chi connectivity index (χ0n) is 14.1. The standard InChI is InChI=1S/C18H23N3O2S/c1-11-7-15(11)16-6-5-14(23-16)9-21(13-3-4-13)18(22)19-8-17-20-12(2)10-24-17/h5-6,10-11,13,15H,3-4,7-9H2,1-2H3,(H,19,22)/t11-,15+/m0/s1. The van der Waals surface area contributed by atoms with E-state index in [1.165, 1.54) is 6.42 Å². The minimum absolute atomic E-state index is 0.0249. The Bertz CT molecular complexity index is 734. The Hall–Kier alpha value is -1.82. The molecule has 0 unspecified atom stereocenters. The third kappa shape index (κ3) is 3.48. The highest BCUT2D eigenvalue weighted by atomic mass is 32.1. The number of aromatic nitrogens is 1. The molecule has 2 aliphatic rings. The molecule has 2 amide bonds. The van der Waals surface area contributed by atoms with Crippen LogP contribution in [-0.4, -0.2) is 22.0 Å². The quantitative estimate of drug-likeness (QED) is 0.859. The Morgan fingerprint density at radius 1 is 1.46 bits per heavy atom. The Morgan fingerprint density at radius 2 is 2.25 bits per heavy atom. The first-order valence-corrected chi connectivity index (χ1v) is 9.52. The lowest BCUT2D eigenvalue weighted by Crippen LogP contribution is -2.40. The summed E-state index contributed by atoms with van der Waals surface area (Å²) in [6.45, 7) is 5.25. The molecule has 128 valence electrons. The van der Waals surface area contributed by atoms with E-state index in [9.17, 15) is 4.79 Å². The van der Waals surface area contributed by atoms with Gasteiger partial charge in [-0.25, -0.2) is 9.78 Å². The zero-order valence-corrected chi connectivity index (χ0v) is 14.9. The molecule has 0 aromatic carbocycles. The first-order chi connectivity index (χ1) is 11.6. The molecule has 0 bridgehead atoms. The van der Waals surface area contributed by atoms with Crippen LogP contribution in [-0.2, 0) is 13.1 Å². The van der Waals surface area contributed by atoms with Gasteiger partial charge in [0.05, 0.1) is 13.1 Å². The van der Waals surface area contributed by atoms with Crippen molar-refractivity contribution in [3.63, 3.8) is 0 Å². The number of nitrogens with one attached hydrogen (secondary N) is 1. The van der Waals surface area contributed by atoms with Crippen LogP contribution in [0, 0.1) is 12.8 Å². The molecule has 2 aromatic heterocycles. The zero-order chi connectivity index (χ0) is 16.7. The average molecular weight is 345 g/mol. The number of carbonyl (C=O) groups is 1. The van der Waals surface area contributed by atoms with E-state index in [-0.39, 0.29) is 6.03 Å². The largest absolute Gasteiger partial charge is 0.464 e. The Balaban J connectivity index is 1.36. The van der Waals surface area contributed by atoms with Gasteiger partial charge < -0.3 is 14.6 Å². The minimum Gasteiger partial charge on any atom is -0.464 e. The van der Waals surface area contributed by atoms with Gasteiger partial charge in [0.1, 0.15) is 16.5 Å². The van der Waals surface area contributed by atoms with Crippen molar-refractivity contribution in [2.24, 2.45) is 5.92 Å². The van der Waals surface area contributed by atoms with Gasteiger partial charge in [-0.05, 0) is 44.2 Å². The summed E-state index contributed by atoms with van der Waals surface area (Å²) in [5.74, 6) is 3.27. The highest BCUT2D eigenvalue weighted by Gasteiger charge is 2.37. The predicted molar refractivity (Wildman–Crippen MR) is 92.9 cm³/mol. The molecule has 4 rings (SSSR count). The van der Waals surface area contributed by atoms with Gasteiger partial charge in [-0.15, -0.1) is 11.3 Å². The number of hydrogen-bond acceptors (Lipinski definition) is 4. The summed E-state index contributed by atoms with van der Waals surface area (Å²) in [6, 6.07) is 4.41. The lowest BCUT2D eigenvalue weighted by Gasteiger charge is -2.21. The SMILES string of the molecule is Cc1csc(CNC(=O)N(Cc2ccc([C@@H]3C[C@@H]3C)o2)C2CC2)n1. The van der Waals surface area contributed by atoms with E-state index in [0.717, 1.165) is 41.0 Å². The number of aryl methyl sites for hydroxylation is 1. The fourth-order valence-corrected chi connectivity index (χ4v) is 3.77. The van der Waals surface area contributed by atoms with Crippen LogP contribution in [0.15, 0.2) is 21.9 Å². The molecule has 0 radical (unpaired) electrons. The van der Waals surface area contributed by atoms with Crippen LogP contribution in [0.2, 0.25) is 0 Å². The smallest absolute Gasteiger partial charge is 0.318 e. The molecule has 2 aromatic rings. The van der Waals surface area contributed by atoms with Crippen molar-refractivity contribution < 1.29 is 9.21 Å². The monoisotopic (exact) mass is 345 g/mol. The van der Waals surface area contributed by atoms with Crippen molar-refractivity contribution in [2.75, 3.05) is 0 Å². The van der Waals surface area contributed by atoms with Crippen molar-refractivity contribution in [2.45, 2.75) is 58.2 Å². The van der Waals surface area contributed by atoms with Gasteiger partial charge in [-0.1, -0.05) is 6.92 Å². The van der Waals surface area contributed by atoms with Crippen LogP contribution in [0.1, 0.15) is 54.3 Å². The van der Waals surface area contributed by atoms with E-state index in [2.05, 4.69) is 23.3 Å². The van der Waals surface area contributed by atoms with Crippen molar-refractivity contribution in [3.05, 3.63) is 39.7 Å². The summed E-state index contributed by atoms with van der Waals surface area (Å²) in [4.78, 5) is 18.9. The number of hydrogen-bond donors (Lipinski definition) is 1. The van der Waals surface area contributed by atoms with Crippen molar-refractivity contribution in [3.8, 4) is 0 Å². The fourth-order valence-electron chi connectivity index (χ4n) is 3.05. The van der Waals surface area contributed by atoms with Crippen LogP contribution >= 0.6 is 11.3 Å². The molecule has 0 aliphatic heterocycles. The van der Waals surface area contributed by atoms with E-state index >= 15 is 0 Å². The third-order valence-corrected chi connectivity index (χ3v) is 5.76. The second-order valence-electron chi connectivity index (χ2n) is 7.02. The van der Waals surface area contributed by atoms with E-state index in [1.807, 2.05) is 23.3 Å². The molecule has 6 heteroatoms. The van der Waals surface area contributed by atoms with Gasteiger partial charge >= 0.3 is 6.03 Å². The van der Waals surface area contributed by atoms with E-state index in [0.29, 0.717) is 25.0 Å². The lowest BCUT2D eigenvalue weighted by atomic mass is 10.3. The number of thiazole rings is 1. The maximum Gasteiger partial charge on any atom is 0.318 e. The summed E-state index contributed by atoms with van der Waals surface area (Å²) >= 11 is 1.58. The van der Waals surface area contributed by atoms with Gasteiger partial charge in [-0.2, -0.15) is 0 Å². The molecule has 5 nitrogen and oxygen atoms in total. The molecule has 1 N–H and O–H groups in total. The third-order valence-electron chi connectivity index (χ3n) is 4.79. The van der Waals surface area contributed by atoms with Gasteiger partial charge in [0.25, 0.3) is 0 Å². The molecular formula is C18H23N3O2S. The second kappa shape index (κ2) is 6.24. The summed E-state index contributed by atoms with van der Waals surface area (Å²) < 4.78 is 5.97. The molecule has 2 heterocycles. The average Bonchev–Trinajstić information content (AvgIpc) is 3.44. The summed E-state index contributed by atoms with van der Waals surface area (Å²) in [5.41, 5.74) is 1.00. The van der Waals surface area contributed by atoms with Crippen LogP contribution in [0.5, 0.6) is 0 Å². The summed E-state index contributed by atoms with van der Waals surface area (Å²) in [7, 11) is 0. The van der Waals surface area contributed by atoms with Gasteiger partial charge in [-0.3, -0.25) is 0 Å². The Kier molecular flexibility index (Phi) is 4.08. The number of nitrogens with zero attached hydrogens (tertiary/aromatic N) is 2. The lowest BCUT2D eigenvalue weighted by molar-refractivity contribution is 0.186. The molecular weight excluding hydrogens is 322 g/mol. The van der Waals surface area contributed by atoms with Crippen molar-refractivity contribution in [1.29, 1.82) is 0 Å². The van der Waals surface area contributed by atoms with E-state index in [1.54, 1.807) is 11.3 Å². The van der Waals surface area contributed by atoms with Crippen LogP contribution in [0.4, 0.5) is 4.79 Å². The first kappa shape index (κ1) is 15.7. The number of rotatable bonds is 6. The normalized spacial score (nSPS) is 22.4. The summed E-state index contributed by atoms with van der Waals surface area (Å²) in [6.07, 6.45) is 3.38. The molecule has 2 atom stereocenters. The van der Waals surface area contributed by atoms with Gasteiger partial charge in [0.2, 0.25) is 0 Å². The highest BCUT2D eigenvalue weighted by molar-refractivity contribution is 7.09. The number of carbonyl (C=O) groups excluding carboxylic acids is 1. The van der Waals surface area contributed by atoms with Crippen molar-refractivity contribution >= 4 is 17.4 Å². The number of furan rings is 1. The molecule has 2 saturated carbocycles. The minimum atomic E-state index is -0.0249. The Labute approximate surface area is 146 Å². The van der Waals surface area contributed by atoms with Crippen LogP contribution in [0.25, 0.3) is 0 Å². The second-order valence-corrected chi connectivity index (χ2v) is 7.97. The van der Waals surface area contributed by atoms with Gasteiger partial charge in [0.15, 0.2) is 0 Å². The van der Waals surface area contributed by atoms with Crippen LogP contribution in [0.3, 0.4) is 0 Å². The van der Waals surface area contributed by atoms with Crippen LogP contribution < -0.4 is 5.32 Å². The number of amides is 2. The number of urea groups is 1. The predicted octanol–water partition coefficient (Wildman–Crippen LogP) is 4.04. The highest BCUT2D eigenvalue weighted by Crippen LogP contribution is 2.47.